The van der Waals surface area contributed by atoms with Crippen LogP contribution < -0.4 is 17.0 Å². The molecule has 2 aromatic heterocycles. The van der Waals surface area contributed by atoms with Crippen LogP contribution in [0.15, 0.2) is 45.3 Å². The van der Waals surface area contributed by atoms with Crippen molar-refractivity contribution in [1.29, 1.82) is 0 Å². The summed E-state index contributed by atoms with van der Waals surface area (Å²) in [5.41, 5.74) is 6.42. The van der Waals surface area contributed by atoms with E-state index in [9.17, 15) is 14.4 Å². The lowest BCUT2D eigenvalue weighted by molar-refractivity contribution is 0.102. The van der Waals surface area contributed by atoms with Crippen molar-refractivity contribution in [2.45, 2.75) is 31.0 Å². The Labute approximate surface area is 163 Å². The van der Waals surface area contributed by atoms with E-state index in [4.69, 9.17) is 5.73 Å². The number of hydrogen-bond acceptors (Lipinski definition) is 7. The second kappa shape index (κ2) is 7.12. The number of carbonyl (C=O) groups is 1. The van der Waals surface area contributed by atoms with Crippen LogP contribution in [0.4, 0.5) is 5.82 Å². The second-order valence-corrected chi connectivity index (χ2v) is 7.55. The molecule has 1 saturated carbocycles. The van der Waals surface area contributed by atoms with E-state index in [1.54, 1.807) is 10.9 Å². The van der Waals surface area contributed by atoms with Crippen molar-refractivity contribution < 1.29 is 4.79 Å². The molecule has 1 fully saturated rings. The number of anilines is 1. The third kappa shape index (κ3) is 3.26. The second-order valence-electron chi connectivity index (χ2n) is 6.60. The van der Waals surface area contributed by atoms with E-state index in [0.717, 1.165) is 35.9 Å². The highest BCUT2D eigenvalue weighted by Crippen LogP contribution is 2.35. The van der Waals surface area contributed by atoms with Gasteiger partial charge in [0.15, 0.2) is 10.9 Å². The van der Waals surface area contributed by atoms with E-state index in [1.807, 2.05) is 31.2 Å². The van der Waals surface area contributed by atoms with Crippen LogP contribution in [0.25, 0.3) is 5.69 Å². The van der Waals surface area contributed by atoms with Crippen LogP contribution in [0.1, 0.15) is 34.8 Å². The molecule has 144 valence electrons. The summed E-state index contributed by atoms with van der Waals surface area (Å²) in [6.07, 6.45) is 3.18. The van der Waals surface area contributed by atoms with Crippen molar-refractivity contribution in [2.24, 2.45) is 0 Å². The smallest absolute Gasteiger partial charge is 0.330 e. The molecule has 2 heterocycles. The van der Waals surface area contributed by atoms with Gasteiger partial charge in [-0.05, 0) is 31.4 Å². The van der Waals surface area contributed by atoms with Gasteiger partial charge in [0.2, 0.25) is 0 Å². The van der Waals surface area contributed by atoms with E-state index in [0.29, 0.717) is 5.16 Å². The summed E-state index contributed by atoms with van der Waals surface area (Å²) >= 11 is 1.16. The molecule has 4 rings (SSSR count). The molecule has 1 aromatic carbocycles. The Bertz CT molecular complexity index is 1170. The minimum Gasteiger partial charge on any atom is -0.384 e. The molecule has 1 aliphatic carbocycles. The van der Waals surface area contributed by atoms with Crippen LogP contribution in [-0.2, 0) is 0 Å². The number of aromatic amines is 1. The topological polar surface area (TPSA) is 129 Å². The summed E-state index contributed by atoms with van der Waals surface area (Å²) in [6, 6.07) is 7.69. The zero-order chi connectivity index (χ0) is 19.8. The zero-order valence-corrected chi connectivity index (χ0v) is 15.9. The number of nitrogen functional groups attached to an aromatic ring is 1. The lowest BCUT2D eigenvalue weighted by atomic mass is 10.2. The Morgan fingerprint density at radius 3 is 2.79 bits per heavy atom. The molecular formula is C18H18N6O3S. The van der Waals surface area contributed by atoms with Gasteiger partial charge in [0.05, 0.1) is 11.4 Å². The van der Waals surface area contributed by atoms with Crippen LogP contribution in [-0.4, -0.2) is 35.9 Å². The fraction of sp³-hybridized carbons (Fsp3) is 0.278. The molecule has 0 aliphatic heterocycles. The first-order valence-corrected chi connectivity index (χ1v) is 9.72. The molecule has 10 heteroatoms. The first-order valence-electron chi connectivity index (χ1n) is 8.73. The summed E-state index contributed by atoms with van der Waals surface area (Å²) in [5.74, 6) is -0.583. The number of H-pyrrole nitrogens is 1. The number of nitrogens with zero attached hydrogens (tertiary/aromatic N) is 4. The van der Waals surface area contributed by atoms with Crippen molar-refractivity contribution in [3.8, 4) is 5.69 Å². The van der Waals surface area contributed by atoms with Crippen molar-refractivity contribution in [3.05, 3.63) is 62.6 Å². The molecule has 0 unspecified atom stereocenters. The molecule has 3 N–H and O–H groups in total. The summed E-state index contributed by atoms with van der Waals surface area (Å²) in [4.78, 5) is 39.1. The molecule has 0 atom stereocenters. The average molecular weight is 398 g/mol. The number of rotatable bonds is 6. The van der Waals surface area contributed by atoms with Crippen LogP contribution in [0.2, 0.25) is 0 Å². The number of benzene rings is 1. The zero-order valence-electron chi connectivity index (χ0n) is 15.1. The van der Waals surface area contributed by atoms with E-state index >= 15 is 0 Å². The maximum absolute atomic E-state index is 12.7. The Hall–Kier alpha value is -3.14. The van der Waals surface area contributed by atoms with E-state index in [-0.39, 0.29) is 23.2 Å². The molecule has 9 nitrogen and oxygen atoms in total. The maximum Gasteiger partial charge on any atom is 0.330 e. The van der Waals surface area contributed by atoms with Gasteiger partial charge in [0.25, 0.3) is 5.56 Å². The first-order chi connectivity index (χ1) is 13.5. The molecule has 0 amide bonds. The van der Waals surface area contributed by atoms with Gasteiger partial charge in [-0.15, -0.1) is 10.2 Å². The average Bonchev–Trinajstić information content (AvgIpc) is 3.37. The molecule has 0 bridgehead atoms. The van der Waals surface area contributed by atoms with Crippen LogP contribution in [0.3, 0.4) is 0 Å². The minimum atomic E-state index is -0.759. The van der Waals surface area contributed by atoms with Crippen LogP contribution in [0.5, 0.6) is 0 Å². The van der Waals surface area contributed by atoms with Gasteiger partial charge in [0, 0.05) is 6.04 Å². The molecule has 28 heavy (non-hydrogen) atoms. The number of hydrogen-bond donors (Lipinski definition) is 2. The van der Waals surface area contributed by atoms with Gasteiger partial charge in [-0.2, -0.15) is 0 Å². The van der Waals surface area contributed by atoms with Gasteiger partial charge < -0.3 is 5.73 Å². The predicted molar refractivity (Wildman–Crippen MR) is 105 cm³/mol. The van der Waals surface area contributed by atoms with Gasteiger partial charge >= 0.3 is 5.69 Å². The normalized spacial score (nSPS) is 13.6. The van der Waals surface area contributed by atoms with E-state index in [2.05, 4.69) is 15.2 Å². The Kier molecular flexibility index (Phi) is 4.63. The summed E-state index contributed by atoms with van der Waals surface area (Å²) in [6.45, 7) is 1.97. The molecular weight excluding hydrogens is 380 g/mol. The number of nitrogens with two attached hydrogens (primary N) is 1. The Balaban J connectivity index is 1.60. The highest BCUT2D eigenvalue weighted by atomic mass is 32.2. The standard InChI is InChI=1S/C18H18N6O3S/c1-10-4-2-3-5-12(10)23-9-20-22-18(23)28-8-13(25)14-15(19)24(11-6-7-11)17(27)21-16(14)26/h2-5,9,11H,6-8,19H2,1H3,(H,21,26,27). The quantitative estimate of drug-likeness (QED) is 0.473. The predicted octanol–water partition coefficient (Wildman–Crippen LogP) is 1.32. The van der Waals surface area contributed by atoms with E-state index in [1.165, 1.54) is 4.57 Å². The molecule has 1 aliphatic rings. The maximum atomic E-state index is 12.7. The first kappa shape index (κ1) is 18.2. The molecule has 0 spiro atoms. The SMILES string of the molecule is Cc1ccccc1-n1cnnc1SCC(=O)c1c(N)n(C2CC2)c(=O)[nH]c1=O. The highest BCUT2D eigenvalue weighted by Gasteiger charge is 2.30. The van der Waals surface area contributed by atoms with Crippen molar-refractivity contribution in [3.63, 3.8) is 0 Å². The number of para-hydroxylation sites is 1. The molecule has 3 aromatic rings. The number of Topliss-reactive ketones (excluding diaryl/α,β-unsaturated/α-hetero) is 1. The van der Waals surface area contributed by atoms with E-state index < -0.39 is 17.0 Å². The fourth-order valence-electron chi connectivity index (χ4n) is 3.05. The molecule has 0 radical (unpaired) electrons. The van der Waals surface area contributed by atoms with Crippen molar-refractivity contribution in [2.75, 3.05) is 11.5 Å². The summed E-state index contributed by atoms with van der Waals surface area (Å²) in [5, 5.41) is 8.51. The fourth-order valence-corrected chi connectivity index (χ4v) is 3.85. The lowest BCUT2D eigenvalue weighted by Gasteiger charge is -2.11. The monoisotopic (exact) mass is 398 g/mol. The van der Waals surface area contributed by atoms with Crippen LogP contribution in [0, 0.1) is 6.92 Å². The van der Waals surface area contributed by atoms with Crippen molar-refractivity contribution in [1.82, 2.24) is 24.3 Å². The Morgan fingerprint density at radius 2 is 2.07 bits per heavy atom. The van der Waals surface area contributed by atoms with Gasteiger partial charge in [-0.25, -0.2) is 4.79 Å². The third-order valence-corrected chi connectivity index (χ3v) is 5.54. The minimum absolute atomic E-state index is 0.0484. The summed E-state index contributed by atoms with van der Waals surface area (Å²) < 4.78 is 3.08. The van der Waals surface area contributed by atoms with Gasteiger partial charge in [0.1, 0.15) is 17.7 Å². The number of nitrogens with one attached hydrogen (secondary N) is 1. The largest absolute Gasteiger partial charge is 0.384 e. The number of carbonyl (C=O) groups excluding carboxylic acids is 1. The van der Waals surface area contributed by atoms with Gasteiger partial charge in [-0.3, -0.25) is 23.7 Å². The molecule has 0 saturated heterocycles. The number of aromatic nitrogens is 5. The van der Waals surface area contributed by atoms with Crippen LogP contribution >= 0.6 is 11.8 Å². The van der Waals surface area contributed by atoms with Crippen molar-refractivity contribution >= 4 is 23.4 Å². The lowest BCUT2D eigenvalue weighted by Crippen LogP contribution is -2.36. The number of thioether (sulfide) groups is 1. The summed E-state index contributed by atoms with van der Waals surface area (Å²) in [7, 11) is 0. The Morgan fingerprint density at radius 1 is 1.32 bits per heavy atom. The number of aryl methyl sites for hydroxylation is 1. The third-order valence-electron chi connectivity index (χ3n) is 4.60. The number of ketones is 1. The highest BCUT2D eigenvalue weighted by molar-refractivity contribution is 7.99. The van der Waals surface area contributed by atoms with Gasteiger partial charge in [-0.1, -0.05) is 30.0 Å².